The first-order chi connectivity index (χ1) is 13.0. The summed E-state index contributed by atoms with van der Waals surface area (Å²) < 4.78 is 0. The Morgan fingerprint density at radius 2 is 1.00 bits per heavy atom. The molecule has 0 aliphatic heterocycles. The van der Waals surface area contributed by atoms with Gasteiger partial charge in [-0.15, -0.1) is 0 Å². The van der Waals surface area contributed by atoms with Crippen LogP contribution in [0.3, 0.4) is 0 Å². The molecule has 0 fully saturated rings. The summed E-state index contributed by atoms with van der Waals surface area (Å²) >= 11 is 0. The summed E-state index contributed by atoms with van der Waals surface area (Å²) in [7, 11) is 0. The maximum Gasteiger partial charge on any atom is 0.0388 e. The Hall–Kier alpha value is -0.200. The predicted molar refractivity (Wildman–Crippen MR) is 122 cm³/mol. The van der Waals surface area contributed by atoms with Gasteiger partial charge in [-0.05, 0) is 45.3 Å². The minimum atomic E-state index is 0.219. The molecule has 0 saturated heterocycles. The molecule has 0 spiro atoms. The van der Waals surface area contributed by atoms with Crippen molar-refractivity contribution in [3.63, 3.8) is 0 Å². The Morgan fingerprint density at radius 3 is 1.37 bits per heavy atom. The average molecular weight is 386 g/mol. The summed E-state index contributed by atoms with van der Waals surface area (Å²) in [4.78, 5) is 5.52. The van der Waals surface area contributed by atoms with E-state index < -0.39 is 0 Å². The molecule has 0 bridgehead atoms. The van der Waals surface area contributed by atoms with Gasteiger partial charge in [0.05, 0.1) is 0 Å². The molecule has 0 aromatic carbocycles. The van der Waals surface area contributed by atoms with Crippen molar-refractivity contribution in [2.45, 2.75) is 85.2 Å². The van der Waals surface area contributed by atoms with Gasteiger partial charge in [-0.3, -0.25) is 9.80 Å². The van der Waals surface area contributed by atoms with Crippen LogP contribution in [0.2, 0.25) is 0 Å². The van der Waals surface area contributed by atoms with Crippen molar-refractivity contribution in [2.24, 2.45) is 5.73 Å². The zero-order valence-corrected chi connectivity index (χ0v) is 19.7. The van der Waals surface area contributed by atoms with Gasteiger partial charge in [0.2, 0.25) is 0 Å². The Balaban J connectivity index is 5.33. The Labute approximate surface area is 170 Å². The molecular formula is C22H51N5. The second-order valence-corrected chi connectivity index (χ2v) is 7.52. The Kier molecular flexibility index (Phi) is 14.6. The average Bonchev–Trinajstić information content (AvgIpc) is 2.71. The molecular weight excluding hydrogens is 334 g/mol. The second kappa shape index (κ2) is 14.7. The van der Waals surface area contributed by atoms with Crippen LogP contribution in [-0.2, 0) is 0 Å². The SMILES string of the molecule is CCN(CC)C(CC)(CC)C(CC)(CC)N(CC)CCNCCNCCN. The monoisotopic (exact) mass is 385 g/mol. The van der Waals surface area contributed by atoms with Crippen molar-refractivity contribution in [3.8, 4) is 0 Å². The van der Waals surface area contributed by atoms with Crippen molar-refractivity contribution in [1.29, 1.82) is 0 Å². The fourth-order valence-electron chi connectivity index (χ4n) is 5.55. The molecule has 4 N–H and O–H groups in total. The van der Waals surface area contributed by atoms with E-state index in [4.69, 9.17) is 5.73 Å². The minimum Gasteiger partial charge on any atom is -0.329 e. The minimum absolute atomic E-state index is 0.219. The largest absolute Gasteiger partial charge is 0.329 e. The van der Waals surface area contributed by atoms with Crippen molar-refractivity contribution in [1.82, 2.24) is 20.4 Å². The molecule has 0 amide bonds. The van der Waals surface area contributed by atoms with Crippen LogP contribution in [0.5, 0.6) is 0 Å². The van der Waals surface area contributed by atoms with E-state index in [9.17, 15) is 0 Å². The molecule has 5 nitrogen and oxygen atoms in total. The van der Waals surface area contributed by atoms with Crippen LogP contribution in [0, 0.1) is 0 Å². The molecule has 0 aromatic rings. The molecule has 0 saturated carbocycles. The molecule has 0 atom stereocenters. The van der Waals surface area contributed by atoms with Gasteiger partial charge in [0, 0.05) is 50.3 Å². The number of nitrogens with zero attached hydrogens (tertiary/aromatic N) is 2. The molecule has 5 heteroatoms. The first kappa shape index (κ1) is 26.8. The van der Waals surface area contributed by atoms with Crippen LogP contribution < -0.4 is 16.4 Å². The lowest BCUT2D eigenvalue weighted by molar-refractivity contribution is -0.0828. The summed E-state index contributed by atoms with van der Waals surface area (Å²) in [6.07, 6.45) is 4.82. The van der Waals surface area contributed by atoms with Crippen LogP contribution in [0.15, 0.2) is 0 Å². The zero-order chi connectivity index (χ0) is 20.8. The summed E-state index contributed by atoms with van der Waals surface area (Å²) in [5.41, 5.74) is 5.98. The molecule has 0 aliphatic carbocycles. The predicted octanol–water partition coefficient (Wildman–Crippen LogP) is 2.91. The smallest absolute Gasteiger partial charge is 0.0388 e. The summed E-state index contributed by atoms with van der Waals surface area (Å²) in [5, 5.41) is 6.97. The summed E-state index contributed by atoms with van der Waals surface area (Å²) in [6, 6.07) is 0. The molecule has 0 aromatic heterocycles. The fraction of sp³-hybridized carbons (Fsp3) is 1.00. The number of nitrogens with two attached hydrogens (primary N) is 1. The van der Waals surface area contributed by atoms with Gasteiger partial charge in [0.1, 0.15) is 0 Å². The van der Waals surface area contributed by atoms with Gasteiger partial charge in [-0.2, -0.15) is 0 Å². The lowest BCUT2D eigenvalue weighted by Gasteiger charge is -2.60. The Morgan fingerprint density at radius 1 is 0.593 bits per heavy atom. The van der Waals surface area contributed by atoms with Gasteiger partial charge >= 0.3 is 0 Å². The van der Waals surface area contributed by atoms with Crippen molar-refractivity contribution in [2.75, 3.05) is 58.9 Å². The van der Waals surface area contributed by atoms with Crippen LogP contribution in [-0.4, -0.2) is 79.8 Å². The van der Waals surface area contributed by atoms with Crippen LogP contribution >= 0.6 is 0 Å². The van der Waals surface area contributed by atoms with Gasteiger partial charge in [-0.1, -0.05) is 48.5 Å². The highest BCUT2D eigenvalue weighted by Gasteiger charge is 2.52. The van der Waals surface area contributed by atoms with E-state index in [0.29, 0.717) is 6.54 Å². The highest BCUT2D eigenvalue weighted by molar-refractivity contribution is 5.10. The molecule has 27 heavy (non-hydrogen) atoms. The van der Waals surface area contributed by atoms with Gasteiger partial charge in [0.15, 0.2) is 0 Å². The van der Waals surface area contributed by atoms with E-state index in [1.54, 1.807) is 0 Å². The zero-order valence-electron chi connectivity index (χ0n) is 19.7. The number of hydrogen-bond donors (Lipinski definition) is 3. The summed E-state index contributed by atoms with van der Waals surface area (Å²) in [6.45, 7) is 25.7. The van der Waals surface area contributed by atoms with Crippen molar-refractivity contribution < 1.29 is 0 Å². The van der Waals surface area contributed by atoms with Gasteiger partial charge < -0.3 is 16.4 Å². The van der Waals surface area contributed by atoms with E-state index in [-0.39, 0.29) is 11.1 Å². The highest BCUT2D eigenvalue weighted by Crippen LogP contribution is 2.44. The van der Waals surface area contributed by atoms with E-state index >= 15 is 0 Å². The van der Waals surface area contributed by atoms with Crippen LogP contribution in [0.25, 0.3) is 0 Å². The molecule has 0 rings (SSSR count). The molecule has 0 radical (unpaired) electrons. The van der Waals surface area contributed by atoms with Crippen molar-refractivity contribution in [3.05, 3.63) is 0 Å². The molecule has 164 valence electrons. The van der Waals surface area contributed by atoms with Crippen LogP contribution in [0.1, 0.15) is 74.1 Å². The lowest BCUT2D eigenvalue weighted by Crippen LogP contribution is -2.70. The summed E-state index contributed by atoms with van der Waals surface area (Å²) in [5.74, 6) is 0. The lowest BCUT2D eigenvalue weighted by atomic mass is 9.67. The third-order valence-electron chi connectivity index (χ3n) is 6.92. The third kappa shape index (κ3) is 6.40. The highest BCUT2D eigenvalue weighted by atomic mass is 15.3. The van der Waals surface area contributed by atoms with E-state index in [1.807, 2.05) is 0 Å². The standard InChI is InChI=1S/C22H51N5/c1-8-21(9-2,26(12-5)13-6)22(10-3,11-4)27(14-7)20-19-25-18-17-24-16-15-23/h24-25H,8-20,23H2,1-7H3. The molecule has 0 unspecified atom stereocenters. The quantitative estimate of drug-likeness (QED) is 0.317. The third-order valence-corrected chi connectivity index (χ3v) is 6.92. The van der Waals surface area contributed by atoms with Gasteiger partial charge in [-0.25, -0.2) is 0 Å². The fourth-order valence-corrected chi connectivity index (χ4v) is 5.55. The molecule has 0 aliphatic rings. The number of rotatable bonds is 18. The number of nitrogens with one attached hydrogen (secondary N) is 2. The van der Waals surface area contributed by atoms with E-state index in [2.05, 4.69) is 68.9 Å². The Bertz CT molecular complexity index is 336. The normalized spacial score (nSPS) is 13.1. The van der Waals surface area contributed by atoms with Crippen molar-refractivity contribution >= 4 is 0 Å². The topological polar surface area (TPSA) is 56.6 Å². The number of hydrogen-bond acceptors (Lipinski definition) is 5. The first-order valence-corrected chi connectivity index (χ1v) is 11.6. The second-order valence-electron chi connectivity index (χ2n) is 7.52. The van der Waals surface area contributed by atoms with E-state index in [0.717, 1.165) is 52.4 Å². The number of likely N-dealkylation sites (N-methyl/N-ethyl adjacent to an activating group) is 2. The first-order valence-electron chi connectivity index (χ1n) is 11.6. The maximum absolute atomic E-state index is 5.53. The van der Waals surface area contributed by atoms with Gasteiger partial charge in [0.25, 0.3) is 0 Å². The van der Waals surface area contributed by atoms with E-state index in [1.165, 1.54) is 25.7 Å². The molecule has 0 heterocycles. The maximum atomic E-state index is 5.53. The van der Waals surface area contributed by atoms with Crippen LogP contribution in [0.4, 0.5) is 0 Å².